The highest BCUT2D eigenvalue weighted by atomic mass is 35.5. The predicted octanol–water partition coefficient (Wildman–Crippen LogP) is 4.61. The molecule has 28 heavy (non-hydrogen) atoms. The van der Waals surface area contributed by atoms with Gasteiger partial charge in [-0.1, -0.05) is 53.2 Å². The average Bonchev–Trinajstić information content (AvgIpc) is 3.47. The summed E-state index contributed by atoms with van der Waals surface area (Å²) in [5.74, 6) is 1.20. The van der Waals surface area contributed by atoms with E-state index in [1.807, 2.05) is 52.9 Å². The van der Waals surface area contributed by atoms with Crippen LogP contribution in [0.2, 0.25) is 5.02 Å². The SMILES string of the molecule is Cc1ccc(-c2nnc(SCC(=O)N(C)C3CC3)n2-c2ccc(Cl)cc2)cc1. The van der Waals surface area contributed by atoms with E-state index in [0.29, 0.717) is 22.0 Å². The molecule has 1 saturated carbocycles. The molecular formula is C21H21ClN4OS. The molecule has 3 aromatic rings. The van der Waals surface area contributed by atoms with Crippen molar-refractivity contribution in [1.82, 2.24) is 19.7 Å². The standard InChI is InChI=1S/C21H21ClN4OS/c1-14-3-5-15(6-4-14)20-23-24-21(26(20)18-9-7-16(22)8-10-18)28-13-19(27)25(2)17-11-12-17/h3-10,17H,11-13H2,1-2H3. The zero-order chi connectivity index (χ0) is 19.7. The second-order valence-corrected chi connectivity index (χ2v) is 8.39. The van der Waals surface area contributed by atoms with Crippen molar-refractivity contribution in [3.8, 4) is 17.1 Å². The van der Waals surface area contributed by atoms with E-state index in [0.717, 1.165) is 29.9 Å². The summed E-state index contributed by atoms with van der Waals surface area (Å²) < 4.78 is 1.98. The van der Waals surface area contributed by atoms with E-state index in [2.05, 4.69) is 29.3 Å². The summed E-state index contributed by atoms with van der Waals surface area (Å²) in [6.07, 6.45) is 2.21. The molecule has 2 aromatic carbocycles. The summed E-state index contributed by atoms with van der Waals surface area (Å²) >= 11 is 7.48. The molecule has 0 bridgehead atoms. The normalized spacial score (nSPS) is 13.5. The Hall–Kier alpha value is -2.31. The molecule has 0 N–H and O–H groups in total. The number of aromatic nitrogens is 3. The molecule has 0 spiro atoms. The molecule has 1 amide bonds. The molecule has 1 aliphatic carbocycles. The maximum atomic E-state index is 12.4. The Morgan fingerprint density at radius 2 is 1.82 bits per heavy atom. The maximum Gasteiger partial charge on any atom is 0.233 e. The molecule has 0 aliphatic heterocycles. The quantitative estimate of drug-likeness (QED) is 0.555. The van der Waals surface area contributed by atoms with Gasteiger partial charge in [-0.05, 0) is 44.0 Å². The van der Waals surface area contributed by atoms with E-state index >= 15 is 0 Å². The molecule has 0 unspecified atom stereocenters. The van der Waals surface area contributed by atoms with Crippen LogP contribution in [0.1, 0.15) is 18.4 Å². The van der Waals surface area contributed by atoms with Crippen LogP contribution in [0.15, 0.2) is 53.7 Å². The fourth-order valence-electron chi connectivity index (χ4n) is 2.97. The summed E-state index contributed by atoms with van der Waals surface area (Å²) in [5, 5.41) is 10.2. The van der Waals surface area contributed by atoms with Crippen LogP contribution in [-0.2, 0) is 4.79 Å². The number of amides is 1. The van der Waals surface area contributed by atoms with Gasteiger partial charge in [0.25, 0.3) is 0 Å². The number of thioether (sulfide) groups is 1. The van der Waals surface area contributed by atoms with Gasteiger partial charge in [-0.15, -0.1) is 10.2 Å². The molecule has 1 heterocycles. The summed E-state index contributed by atoms with van der Waals surface area (Å²) in [4.78, 5) is 14.3. The highest BCUT2D eigenvalue weighted by Gasteiger charge is 2.29. The highest BCUT2D eigenvalue weighted by Crippen LogP contribution is 2.30. The topological polar surface area (TPSA) is 51.0 Å². The van der Waals surface area contributed by atoms with Crippen molar-refractivity contribution in [1.29, 1.82) is 0 Å². The molecule has 1 aromatic heterocycles. The largest absolute Gasteiger partial charge is 0.342 e. The van der Waals surface area contributed by atoms with E-state index in [9.17, 15) is 4.79 Å². The van der Waals surface area contributed by atoms with E-state index in [-0.39, 0.29) is 5.91 Å². The summed E-state index contributed by atoms with van der Waals surface area (Å²) in [5.41, 5.74) is 3.07. The summed E-state index contributed by atoms with van der Waals surface area (Å²) in [6, 6.07) is 16.1. The number of nitrogens with zero attached hydrogens (tertiary/aromatic N) is 4. The van der Waals surface area contributed by atoms with Gasteiger partial charge in [-0.2, -0.15) is 0 Å². The van der Waals surface area contributed by atoms with Crippen LogP contribution >= 0.6 is 23.4 Å². The smallest absolute Gasteiger partial charge is 0.233 e. The van der Waals surface area contributed by atoms with Crippen molar-refractivity contribution in [2.24, 2.45) is 0 Å². The molecule has 4 rings (SSSR count). The number of carbonyl (C=O) groups is 1. The minimum atomic E-state index is 0.120. The van der Waals surface area contributed by atoms with Crippen molar-refractivity contribution >= 4 is 29.3 Å². The Morgan fingerprint density at radius 1 is 1.14 bits per heavy atom. The number of benzene rings is 2. The average molecular weight is 413 g/mol. The minimum Gasteiger partial charge on any atom is -0.342 e. The van der Waals surface area contributed by atoms with Crippen molar-refractivity contribution < 1.29 is 4.79 Å². The molecule has 7 heteroatoms. The van der Waals surface area contributed by atoms with Crippen molar-refractivity contribution in [3.05, 3.63) is 59.1 Å². The van der Waals surface area contributed by atoms with E-state index in [4.69, 9.17) is 11.6 Å². The van der Waals surface area contributed by atoms with Gasteiger partial charge >= 0.3 is 0 Å². The third-order valence-electron chi connectivity index (χ3n) is 4.84. The van der Waals surface area contributed by atoms with Gasteiger partial charge in [0.15, 0.2) is 11.0 Å². The van der Waals surface area contributed by atoms with Crippen LogP contribution in [0.25, 0.3) is 17.1 Å². The zero-order valence-corrected chi connectivity index (χ0v) is 17.4. The predicted molar refractivity (Wildman–Crippen MR) is 113 cm³/mol. The second kappa shape index (κ2) is 7.97. The molecule has 1 fully saturated rings. The van der Waals surface area contributed by atoms with Gasteiger partial charge in [0.1, 0.15) is 0 Å². The first-order valence-electron chi connectivity index (χ1n) is 9.20. The van der Waals surface area contributed by atoms with Crippen LogP contribution in [-0.4, -0.2) is 44.4 Å². The number of rotatable bonds is 6. The Balaban J connectivity index is 1.66. The van der Waals surface area contributed by atoms with Gasteiger partial charge in [0, 0.05) is 29.4 Å². The van der Waals surface area contributed by atoms with Gasteiger partial charge in [0.2, 0.25) is 5.91 Å². The number of carbonyl (C=O) groups excluding carboxylic acids is 1. The van der Waals surface area contributed by atoms with Gasteiger partial charge in [0.05, 0.1) is 5.75 Å². The van der Waals surface area contributed by atoms with Crippen LogP contribution in [0, 0.1) is 6.92 Å². The van der Waals surface area contributed by atoms with Crippen LogP contribution in [0.5, 0.6) is 0 Å². The second-order valence-electron chi connectivity index (χ2n) is 7.01. The third-order valence-corrected chi connectivity index (χ3v) is 6.01. The Kier molecular flexibility index (Phi) is 5.42. The molecule has 0 radical (unpaired) electrons. The van der Waals surface area contributed by atoms with Crippen molar-refractivity contribution in [3.63, 3.8) is 0 Å². The molecule has 144 valence electrons. The zero-order valence-electron chi connectivity index (χ0n) is 15.8. The number of aryl methyl sites for hydroxylation is 1. The fraction of sp³-hybridized carbons (Fsp3) is 0.286. The molecule has 5 nitrogen and oxygen atoms in total. The third kappa shape index (κ3) is 4.08. The summed E-state index contributed by atoms with van der Waals surface area (Å²) in [6.45, 7) is 2.05. The fourth-order valence-corrected chi connectivity index (χ4v) is 3.97. The highest BCUT2D eigenvalue weighted by molar-refractivity contribution is 7.99. The lowest BCUT2D eigenvalue weighted by molar-refractivity contribution is -0.127. The van der Waals surface area contributed by atoms with E-state index in [1.165, 1.54) is 17.3 Å². The Bertz CT molecular complexity index is 981. The first kappa shape index (κ1) is 19.0. The van der Waals surface area contributed by atoms with Crippen molar-refractivity contribution in [2.75, 3.05) is 12.8 Å². The van der Waals surface area contributed by atoms with Crippen LogP contribution in [0.4, 0.5) is 0 Å². The van der Waals surface area contributed by atoms with E-state index in [1.54, 1.807) is 0 Å². The van der Waals surface area contributed by atoms with Crippen molar-refractivity contribution in [2.45, 2.75) is 31.0 Å². The number of hydrogen-bond donors (Lipinski definition) is 0. The van der Waals surface area contributed by atoms with E-state index < -0.39 is 0 Å². The Morgan fingerprint density at radius 3 is 2.46 bits per heavy atom. The lowest BCUT2D eigenvalue weighted by atomic mass is 10.1. The first-order valence-corrected chi connectivity index (χ1v) is 10.6. The minimum absolute atomic E-state index is 0.120. The van der Waals surface area contributed by atoms with Gasteiger partial charge in [-0.3, -0.25) is 9.36 Å². The first-order chi connectivity index (χ1) is 13.5. The lowest BCUT2D eigenvalue weighted by Gasteiger charge is -2.16. The van der Waals surface area contributed by atoms with Crippen LogP contribution < -0.4 is 0 Å². The summed E-state index contributed by atoms with van der Waals surface area (Å²) in [7, 11) is 1.88. The number of halogens is 1. The van der Waals surface area contributed by atoms with Gasteiger partial charge in [-0.25, -0.2) is 0 Å². The Labute approximate surface area is 173 Å². The molecule has 0 saturated heterocycles. The van der Waals surface area contributed by atoms with Crippen LogP contribution in [0.3, 0.4) is 0 Å². The monoisotopic (exact) mass is 412 g/mol. The maximum absolute atomic E-state index is 12.4. The number of hydrogen-bond acceptors (Lipinski definition) is 4. The lowest BCUT2D eigenvalue weighted by Crippen LogP contribution is -2.30. The molecule has 0 atom stereocenters. The molecule has 1 aliphatic rings. The molecular weight excluding hydrogens is 392 g/mol. The van der Waals surface area contributed by atoms with Gasteiger partial charge < -0.3 is 4.90 Å².